The first-order chi connectivity index (χ1) is 9.93. The van der Waals surface area contributed by atoms with Crippen LogP contribution in [0.4, 0.5) is 10.1 Å². The Bertz CT molecular complexity index is 665. The number of hydrogen-bond donors (Lipinski definition) is 1. The van der Waals surface area contributed by atoms with Gasteiger partial charge in [0.2, 0.25) is 0 Å². The second kappa shape index (κ2) is 5.95. The molecule has 0 amide bonds. The molecular weight excluding hydrogens is 273 g/mol. The molecular formula is C15H18FN3O2. The SMILES string of the molecule is CCOC(=O)c1cc(-n2ccc(C(C)C)n2)c(F)cc1N. The molecule has 1 aromatic heterocycles. The van der Waals surface area contributed by atoms with Gasteiger partial charge in [-0.05, 0) is 31.0 Å². The van der Waals surface area contributed by atoms with Crippen LogP contribution in [0.2, 0.25) is 0 Å². The third kappa shape index (κ3) is 3.04. The maximum atomic E-state index is 14.1. The van der Waals surface area contributed by atoms with Crippen LogP contribution in [0.25, 0.3) is 5.69 Å². The first-order valence-corrected chi connectivity index (χ1v) is 6.76. The van der Waals surface area contributed by atoms with Gasteiger partial charge in [0.1, 0.15) is 5.69 Å². The normalized spacial score (nSPS) is 10.9. The van der Waals surface area contributed by atoms with E-state index in [-0.39, 0.29) is 29.5 Å². The van der Waals surface area contributed by atoms with Gasteiger partial charge >= 0.3 is 5.97 Å². The number of rotatable bonds is 4. The molecule has 0 aliphatic rings. The third-order valence-electron chi connectivity index (χ3n) is 3.06. The highest BCUT2D eigenvalue weighted by molar-refractivity contribution is 5.95. The fourth-order valence-corrected chi connectivity index (χ4v) is 1.92. The lowest BCUT2D eigenvalue weighted by Gasteiger charge is -2.10. The number of aromatic nitrogens is 2. The number of benzene rings is 1. The predicted molar refractivity (Wildman–Crippen MR) is 78.0 cm³/mol. The van der Waals surface area contributed by atoms with Crippen LogP contribution in [0, 0.1) is 5.82 Å². The summed E-state index contributed by atoms with van der Waals surface area (Å²) in [5.74, 6) is -0.890. The Labute approximate surface area is 122 Å². The average molecular weight is 291 g/mol. The summed E-state index contributed by atoms with van der Waals surface area (Å²) in [5, 5.41) is 4.30. The average Bonchev–Trinajstić information content (AvgIpc) is 2.88. The molecule has 0 saturated heterocycles. The highest BCUT2D eigenvalue weighted by Crippen LogP contribution is 2.23. The third-order valence-corrected chi connectivity index (χ3v) is 3.06. The molecule has 0 atom stereocenters. The number of carbonyl (C=O) groups excluding carboxylic acids is 1. The number of anilines is 1. The largest absolute Gasteiger partial charge is 0.462 e. The minimum atomic E-state index is -0.576. The summed E-state index contributed by atoms with van der Waals surface area (Å²) < 4.78 is 20.4. The first kappa shape index (κ1) is 15.0. The van der Waals surface area contributed by atoms with E-state index in [0.29, 0.717) is 0 Å². The van der Waals surface area contributed by atoms with Gasteiger partial charge in [0.05, 0.1) is 17.9 Å². The van der Waals surface area contributed by atoms with Crippen LogP contribution < -0.4 is 5.73 Å². The molecule has 0 bridgehead atoms. The molecule has 112 valence electrons. The minimum absolute atomic E-state index is 0.0472. The standard InChI is InChI=1S/C15H18FN3O2/c1-4-21-15(20)10-7-14(11(16)8-12(10)17)19-6-5-13(18-19)9(2)3/h5-9H,4,17H2,1-3H3. The molecule has 0 aliphatic carbocycles. The van der Waals surface area contributed by atoms with Gasteiger partial charge in [-0.25, -0.2) is 13.9 Å². The number of hydrogen-bond acceptors (Lipinski definition) is 4. The van der Waals surface area contributed by atoms with Crippen LogP contribution in [0.5, 0.6) is 0 Å². The number of ether oxygens (including phenoxy) is 1. The van der Waals surface area contributed by atoms with Crippen LogP contribution in [-0.2, 0) is 4.74 Å². The summed E-state index contributed by atoms with van der Waals surface area (Å²) in [5.41, 5.74) is 6.87. The number of nitrogen functional groups attached to an aromatic ring is 1. The summed E-state index contributed by atoms with van der Waals surface area (Å²) in [7, 11) is 0. The molecule has 0 aliphatic heterocycles. The topological polar surface area (TPSA) is 70.1 Å². The highest BCUT2D eigenvalue weighted by Gasteiger charge is 2.17. The molecule has 2 rings (SSSR count). The van der Waals surface area contributed by atoms with E-state index in [2.05, 4.69) is 5.10 Å². The number of esters is 1. The number of halogens is 1. The molecule has 0 fully saturated rings. The van der Waals surface area contributed by atoms with E-state index >= 15 is 0 Å². The molecule has 1 heterocycles. The van der Waals surface area contributed by atoms with Gasteiger partial charge in [0.15, 0.2) is 5.82 Å². The molecule has 1 aromatic carbocycles. The summed E-state index contributed by atoms with van der Waals surface area (Å²) in [6.07, 6.45) is 1.65. The predicted octanol–water partition coefficient (Wildman–Crippen LogP) is 2.89. The molecule has 6 heteroatoms. The second-order valence-corrected chi connectivity index (χ2v) is 4.95. The van der Waals surface area contributed by atoms with Crippen LogP contribution in [0.1, 0.15) is 42.7 Å². The smallest absolute Gasteiger partial charge is 0.340 e. The second-order valence-electron chi connectivity index (χ2n) is 4.95. The van der Waals surface area contributed by atoms with Gasteiger partial charge in [-0.1, -0.05) is 13.8 Å². The summed E-state index contributed by atoms with van der Waals surface area (Å²) >= 11 is 0. The Balaban J connectivity index is 2.47. The lowest BCUT2D eigenvalue weighted by molar-refractivity contribution is 0.0527. The molecule has 0 saturated carbocycles. The zero-order valence-electron chi connectivity index (χ0n) is 12.3. The summed E-state index contributed by atoms with van der Waals surface area (Å²) in [4.78, 5) is 11.8. The molecule has 2 aromatic rings. The zero-order valence-corrected chi connectivity index (χ0v) is 12.3. The highest BCUT2D eigenvalue weighted by atomic mass is 19.1. The van der Waals surface area contributed by atoms with Crippen molar-refractivity contribution in [3.05, 3.63) is 41.5 Å². The van der Waals surface area contributed by atoms with Gasteiger partial charge in [0, 0.05) is 11.9 Å². The van der Waals surface area contributed by atoms with E-state index in [1.54, 1.807) is 13.1 Å². The van der Waals surface area contributed by atoms with E-state index in [9.17, 15) is 9.18 Å². The molecule has 2 N–H and O–H groups in total. The monoisotopic (exact) mass is 291 g/mol. The fraction of sp³-hybridized carbons (Fsp3) is 0.333. The Morgan fingerprint density at radius 3 is 2.76 bits per heavy atom. The van der Waals surface area contributed by atoms with E-state index in [1.165, 1.54) is 10.7 Å². The Hall–Kier alpha value is -2.37. The van der Waals surface area contributed by atoms with E-state index in [1.807, 2.05) is 19.9 Å². The Kier molecular flexibility index (Phi) is 4.26. The summed E-state index contributed by atoms with van der Waals surface area (Å²) in [6.45, 7) is 5.91. The molecule has 0 spiro atoms. The van der Waals surface area contributed by atoms with Gasteiger partial charge in [-0.2, -0.15) is 5.10 Å². The van der Waals surface area contributed by atoms with Gasteiger partial charge in [-0.15, -0.1) is 0 Å². The zero-order chi connectivity index (χ0) is 15.6. The van der Waals surface area contributed by atoms with Crippen molar-refractivity contribution < 1.29 is 13.9 Å². The van der Waals surface area contributed by atoms with Crippen molar-refractivity contribution >= 4 is 11.7 Å². The lowest BCUT2D eigenvalue weighted by atomic mass is 10.1. The lowest BCUT2D eigenvalue weighted by Crippen LogP contribution is -2.11. The minimum Gasteiger partial charge on any atom is -0.462 e. The van der Waals surface area contributed by atoms with Crippen molar-refractivity contribution in [1.29, 1.82) is 0 Å². The van der Waals surface area contributed by atoms with Crippen molar-refractivity contribution in [2.75, 3.05) is 12.3 Å². The number of carbonyl (C=O) groups is 1. The van der Waals surface area contributed by atoms with Crippen LogP contribution in [-0.4, -0.2) is 22.4 Å². The van der Waals surface area contributed by atoms with Crippen LogP contribution in [0.15, 0.2) is 24.4 Å². The van der Waals surface area contributed by atoms with Crippen molar-refractivity contribution in [3.8, 4) is 5.69 Å². The van der Waals surface area contributed by atoms with E-state index in [4.69, 9.17) is 10.5 Å². The Morgan fingerprint density at radius 1 is 1.48 bits per heavy atom. The van der Waals surface area contributed by atoms with Crippen molar-refractivity contribution in [2.45, 2.75) is 26.7 Å². The van der Waals surface area contributed by atoms with Crippen LogP contribution in [0.3, 0.4) is 0 Å². The maximum Gasteiger partial charge on any atom is 0.340 e. The number of nitrogens with zero attached hydrogens (tertiary/aromatic N) is 2. The van der Waals surface area contributed by atoms with Gasteiger partial charge in [-0.3, -0.25) is 0 Å². The van der Waals surface area contributed by atoms with Crippen molar-refractivity contribution in [3.63, 3.8) is 0 Å². The van der Waals surface area contributed by atoms with E-state index < -0.39 is 11.8 Å². The van der Waals surface area contributed by atoms with Gasteiger partial charge < -0.3 is 10.5 Å². The Morgan fingerprint density at radius 2 is 2.19 bits per heavy atom. The molecule has 0 unspecified atom stereocenters. The van der Waals surface area contributed by atoms with Gasteiger partial charge in [0.25, 0.3) is 0 Å². The molecule has 21 heavy (non-hydrogen) atoms. The fourth-order valence-electron chi connectivity index (χ4n) is 1.92. The maximum absolute atomic E-state index is 14.1. The molecule has 5 nitrogen and oxygen atoms in total. The first-order valence-electron chi connectivity index (χ1n) is 6.76. The summed E-state index contributed by atoms with van der Waals surface area (Å²) in [6, 6.07) is 4.28. The van der Waals surface area contributed by atoms with E-state index in [0.717, 1.165) is 11.8 Å². The quantitative estimate of drug-likeness (QED) is 0.694. The van der Waals surface area contributed by atoms with Crippen molar-refractivity contribution in [1.82, 2.24) is 9.78 Å². The molecule has 0 radical (unpaired) electrons. The number of nitrogens with two attached hydrogens (primary N) is 1. The van der Waals surface area contributed by atoms with Crippen LogP contribution >= 0.6 is 0 Å². The van der Waals surface area contributed by atoms with Crippen molar-refractivity contribution in [2.24, 2.45) is 0 Å².